The van der Waals surface area contributed by atoms with Crippen LogP contribution in [0.15, 0.2) is 84.9 Å². The molecule has 37 heavy (non-hydrogen) atoms. The van der Waals surface area contributed by atoms with Crippen LogP contribution in [-0.4, -0.2) is 28.4 Å². The summed E-state index contributed by atoms with van der Waals surface area (Å²) >= 11 is 0. The lowest BCUT2D eigenvalue weighted by atomic mass is 9.70. The second kappa shape index (κ2) is 8.08. The van der Waals surface area contributed by atoms with Crippen molar-refractivity contribution in [3.8, 4) is 16.8 Å². The van der Waals surface area contributed by atoms with Gasteiger partial charge in [0, 0.05) is 16.2 Å². The number of rotatable bonds is 5. The number of fused-ring (bicyclic) bond motifs is 5. The third-order valence-electron chi connectivity index (χ3n) is 8.44. The predicted octanol–water partition coefficient (Wildman–Crippen LogP) is 6.90. The van der Waals surface area contributed by atoms with Crippen molar-refractivity contribution < 1.29 is 9.76 Å². The van der Waals surface area contributed by atoms with Crippen molar-refractivity contribution in [2.24, 2.45) is 0 Å². The monoisotopic (exact) mass is 486 g/mol. The average molecular weight is 486 g/mol. The number of aromatic nitrogens is 1. The highest BCUT2D eigenvalue weighted by molar-refractivity contribution is 6.47. The van der Waals surface area contributed by atoms with Gasteiger partial charge >= 0.3 is 7.48 Å². The summed E-state index contributed by atoms with van der Waals surface area (Å²) in [6.07, 6.45) is 0. The molecule has 185 valence electrons. The largest absolute Gasteiger partial charge is 0.427 e. The smallest absolute Gasteiger partial charge is 0.330 e. The van der Waals surface area contributed by atoms with Crippen LogP contribution >= 0.6 is 0 Å². The molecule has 1 aromatic heterocycles. The predicted molar refractivity (Wildman–Crippen MR) is 155 cm³/mol. The molecule has 3 nitrogen and oxygen atoms in total. The molecular weight excluding hydrogens is 453 g/mol. The van der Waals surface area contributed by atoms with E-state index >= 15 is 0 Å². The Hall–Kier alpha value is -3.34. The summed E-state index contributed by atoms with van der Waals surface area (Å²) in [6, 6.07) is 30.6. The lowest BCUT2D eigenvalue weighted by Gasteiger charge is -2.38. The van der Waals surface area contributed by atoms with Crippen LogP contribution in [0, 0.1) is 0 Å². The van der Waals surface area contributed by atoms with Gasteiger partial charge in [-0.2, -0.15) is 0 Å². The number of hydrogen-bond acceptors (Lipinski definition) is 2. The summed E-state index contributed by atoms with van der Waals surface area (Å²) in [5.74, 6) is 0. The highest BCUT2D eigenvalue weighted by Crippen LogP contribution is 2.50. The third-order valence-corrected chi connectivity index (χ3v) is 8.44. The summed E-state index contributed by atoms with van der Waals surface area (Å²) < 4.78 is 8.58. The van der Waals surface area contributed by atoms with Gasteiger partial charge < -0.3 is 14.3 Å². The molecule has 4 aromatic carbocycles. The minimum Gasteiger partial charge on any atom is -0.427 e. The van der Waals surface area contributed by atoms with E-state index in [1.165, 1.54) is 49.7 Å². The van der Waals surface area contributed by atoms with Gasteiger partial charge in [0.05, 0.1) is 27.9 Å². The number of para-hydroxylation sites is 1. The number of benzene rings is 4. The summed E-state index contributed by atoms with van der Waals surface area (Å²) in [5, 5.41) is 13.1. The Morgan fingerprint density at radius 3 is 2.24 bits per heavy atom. The van der Waals surface area contributed by atoms with Crippen molar-refractivity contribution in [2.75, 3.05) is 0 Å². The molecule has 1 aliphatic heterocycles. The Morgan fingerprint density at radius 2 is 1.51 bits per heavy atom. The van der Waals surface area contributed by atoms with Crippen LogP contribution in [0.4, 0.5) is 0 Å². The van der Waals surface area contributed by atoms with Crippen molar-refractivity contribution in [3.05, 3.63) is 96.1 Å². The highest BCUT2D eigenvalue weighted by Gasteiger charge is 2.39. The summed E-state index contributed by atoms with van der Waals surface area (Å²) in [6.45, 7) is 12.1. The summed E-state index contributed by atoms with van der Waals surface area (Å²) in [4.78, 5) is 0. The van der Waals surface area contributed by atoms with Crippen LogP contribution < -0.4 is 5.46 Å². The molecule has 1 N–H and O–H groups in total. The first-order chi connectivity index (χ1) is 17.5. The van der Waals surface area contributed by atoms with Crippen molar-refractivity contribution in [1.29, 1.82) is 0 Å². The molecule has 0 spiro atoms. The molecule has 4 heteroatoms. The fraction of sp³-hybridized carbons (Fsp3) is 0.273. The molecule has 0 fully saturated rings. The zero-order valence-electron chi connectivity index (χ0n) is 22.5. The van der Waals surface area contributed by atoms with Crippen LogP contribution in [0.25, 0.3) is 38.6 Å². The van der Waals surface area contributed by atoms with E-state index in [1.807, 2.05) is 13.8 Å². The Labute approximate surface area is 220 Å². The van der Waals surface area contributed by atoms with E-state index in [4.69, 9.17) is 4.65 Å². The van der Waals surface area contributed by atoms with Gasteiger partial charge in [-0.3, -0.25) is 0 Å². The molecule has 5 aromatic rings. The first kappa shape index (κ1) is 24.0. The molecule has 0 saturated heterocycles. The first-order valence-electron chi connectivity index (χ1n) is 13.0. The molecule has 0 saturated carbocycles. The van der Waals surface area contributed by atoms with Crippen LogP contribution in [0.5, 0.6) is 0 Å². The number of aliphatic hydroxyl groups is 1. The molecule has 1 radical (unpaired) electrons. The van der Waals surface area contributed by atoms with Gasteiger partial charge in [-0.05, 0) is 62.1 Å². The maximum atomic E-state index is 10.6. The van der Waals surface area contributed by atoms with E-state index in [9.17, 15) is 5.11 Å². The van der Waals surface area contributed by atoms with Gasteiger partial charge in [0.1, 0.15) is 0 Å². The lowest BCUT2D eigenvalue weighted by molar-refractivity contribution is -0.0893. The maximum Gasteiger partial charge on any atom is 0.330 e. The molecule has 0 bridgehead atoms. The van der Waals surface area contributed by atoms with Gasteiger partial charge in [-0.1, -0.05) is 92.1 Å². The highest BCUT2D eigenvalue weighted by atomic mass is 16.5. The Bertz CT molecular complexity index is 1660. The molecule has 0 atom stereocenters. The minimum atomic E-state index is -0.976. The Balaban J connectivity index is 1.60. The second-order valence-corrected chi connectivity index (χ2v) is 11.8. The Morgan fingerprint density at radius 1 is 0.811 bits per heavy atom. The van der Waals surface area contributed by atoms with Crippen LogP contribution in [0.3, 0.4) is 0 Å². The van der Waals surface area contributed by atoms with Crippen LogP contribution in [0.1, 0.15) is 52.7 Å². The second-order valence-electron chi connectivity index (χ2n) is 11.8. The third kappa shape index (κ3) is 3.58. The van der Waals surface area contributed by atoms with Gasteiger partial charge in [0.2, 0.25) is 0 Å². The van der Waals surface area contributed by atoms with Gasteiger partial charge in [0.15, 0.2) is 0 Å². The van der Waals surface area contributed by atoms with Gasteiger partial charge in [-0.15, -0.1) is 0 Å². The van der Waals surface area contributed by atoms with Gasteiger partial charge in [-0.25, -0.2) is 0 Å². The van der Waals surface area contributed by atoms with Crippen molar-refractivity contribution in [3.63, 3.8) is 0 Å². The van der Waals surface area contributed by atoms with Crippen LogP contribution in [0.2, 0.25) is 0 Å². The van der Waals surface area contributed by atoms with E-state index < -0.39 is 11.2 Å². The van der Waals surface area contributed by atoms with E-state index in [0.717, 1.165) is 5.46 Å². The first-order valence-corrected chi connectivity index (χ1v) is 13.0. The van der Waals surface area contributed by atoms with E-state index in [2.05, 4.69) is 103 Å². The standard InChI is InChI=1S/C33H33BNO2/c1-31(2)26-20-22(34-37-33(5,6)32(3,4)36)16-19-28(26)35-27-15-11-10-14-24(27)25-18-17-23(29(31)30(25)35)21-12-8-7-9-13-21/h7-20,36H,1-6H3. The fourth-order valence-corrected chi connectivity index (χ4v) is 5.62. The van der Waals surface area contributed by atoms with Gasteiger partial charge in [0.25, 0.3) is 0 Å². The summed E-state index contributed by atoms with van der Waals surface area (Å²) in [7, 11) is 1.79. The van der Waals surface area contributed by atoms with E-state index in [0.29, 0.717) is 0 Å². The average Bonchev–Trinajstić information content (AvgIpc) is 3.20. The zero-order chi connectivity index (χ0) is 26.2. The normalized spacial score (nSPS) is 14.7. The molecule has 0 unspecified atom stereocenters. The van der Waals surface area contributed by atoms with E-state index in [1.54, 1.807) is 21.3 Å². The zero-order valence-corrected chi connectivity index (χ0v) is 22.5. The summed E-state index contributed by atoms with van der Waals surface area (Å²) in [5.41, 5.74) is 7.83. The van der Waals surface area contributed by atoms with Crippen molar-refractivity contribution >= 4 is 34.8 Å². The molecule has 6 rings (SSSR count). The molecule has 1 aliphatic rings. The fourth-order valence-electron chi connectivity index (χ4n) is 5.62. The Kier molecular flexibility index (Phi) is 5.25. The minimum absolute atomic E-state index is 0.250. The number of nitrogens with zero attached hydrogens (tertiary/aromatic N) is 1. The topological polar surface area (TPSA) is 34.4 Å². The van der Waals surface area contributed by atoms with Crippen molar-refractivity contribution in [1.82, 2.24) is 4.57 Å². The van der Waals surface area contributed by atoms with Crippen LogP contribution in [-0.2, 0) is 10.1 Å². The molecule has 0 aliphatic carbocycles. The SMILES string of the molecule is CC1(C)c2cc([B]OC(C)(C)C(C)(C)O)ccc2-n2c3ccccc3c3ccc(-c4ccccc4)c1c32. The van der Waals surface area contributed by atoms with Crippen molar-refractivity contribution in [2.45, 2.75) is 58.2 Å². The molecular formula is C33H33BNO2. The molecule has 2 heterocycles. The maximum absolute atomic E-state index is 10.6. The quantitative estimate of drug-likeness (QED) is 0.274. The van der Waals surface area contributed by atoms with E-state index in [-0.39, 0.29) is 5.41 Å². The number of hydrogen-bond donors (Lipinski definition) is 1. The molecule has 0 amide bonds. The lowest BCUT2D eigenvalue weighted by Crippen LogP contribution is -2.49.